The van der Waals surface area contributed by atoms with Crippen molar-refractivity contribution in [3.05, 3.63) is 23.8 Å². The maximum Gasteiger partial charge on any atom is 0.165 e. The van der Waals surface area contributed by atoms with E-state index in [9.17, 15) is 0 Å². The van der Waals surface area contributed by atoms with Gasteiger partial charge in [0, 0.05) is 17.6 Å². The molecule has 1 saturated heterocycles. The van der Waals surface area contributed by atoms with E-state index < -0.39 is 0 Å². The van der Waals surface area contributed by atoms with E-state index in [-0.39, 0.29) is 11.6 Å². The first-order valence-corrected chi connectivity index (χ1v) is 7.23. The molecular formula is C16H26N2O2. The molecule has 2 N–H and O–H groups in total. The van der Waals surface area contributed by atoms with Crippen molar-refractivity contribution in [2.45, 2.75) is 38.3 Å². The van der Waals surface area contributed by atoms with Gasteiger partial charge in [0.15, 0.2) is 11.5 Å². The van der Waals surface area contributed by atoms with Crippen molar-refractivity contribution < 1.29 is 9.47 Å². The molecule has 0 radical (unpaired) electrons. The largest absolute Gasteiger partial charge is 0.493 e. The van der Waals surface area contributed by atoms with Gasteiger partial charge in [0.05, 0.1) is 20.3 Å². The lowest BCUT2D eigenvalue weighted by molar-refractivity contribution is 0.117. The van der Waals surface area contributed by atoms with Crippen LogP contribution in [0.5, 0.6) is 11.5 Å². The molecule has 1 unspecified atom stereocenters. The number of benzene rings is 1. The molecule has 1 atom stereocenters. The number of likely N-dealkylation sites (tertiary alicyclic amines) is 1. The van der Waals surface area contributed by atoms with Gasteiger partial charge in [-0.2, -0.15) is 0 Å². The molecule has 2 rings (SSSR count). The number of nitrogens with zero attached hydrogens (tertiary/aromatic N) is 1. The first-order valence-electron chi connectivity index (χ1n) is 7.23. The highest BCUT2D eigenvalue weighted by atomic mass is 16.5. The first kappa shape index (κ1) is 15.1. The Morgan fingerprint density at radius 3 is 2.55 bits per heavy atom. The summed E-state index contributed by atoms with van der Waals surface area (Å²) in [6.07, 6.45) is 2.42. The van der Waals surface area contributed by atoms with Crippen LogP contribution >= 0.6 is 0 Å². The predicted octanol–water partition coefficient (Wildman–Crippen LogP) is 2.58. The Morgan fingerprint density at radius 2 is 2.05 bits per heavy atom. The van der Waals surface area contributed by atoms with Gasteiger partial charge >= 0.3 is 0 Å². The van der Waals surface area contributed by atoms with E-state index in [1.165, 1.54) is 12.8 Å². The average molecular weight is 278 g/mol. The van der Waals surface area contributed by atoms with Crippen LogP contribution in [0.2, 0.25) is 0 Å². The third-order valence-electron chi connectivity index (χ3n) is 4.36. The zero-order valence-electron chi connectivity index (χ0n) is 13.0. The molecule has 4 heteroatoms. The summed E-state index contributed by atoms with van der Waals surface area (Å²) in [5.74, 6) is 1.56. The number of para-hydroxylation sites is 1. The highest BCUT2D eigenvalue weighted by Crippen LogP contribution is 2.41. The summed E-state index contributed by atoms with van der Waals surface area (Å²) in [6, 6.07) is 6.18. The molecule has 112 valence electrons. The third-order valence-corrected chi connectivity index (χ3v) is 4.36. The molecule has 1 aliphatic heterocycles. The maximum atomic E-state index is 6.08. The topological polar surface area (TPSA) is 47.7 Å². The van der Waals surface area contributed by atoms with Crippen LogP contribution in [0.15, 0.2) is 18.2 Å². The van der Waals surface area contributed by atoms with Crippen LogP contribution in [0.1, 0.15) is 38.3 Å². The zero-order valence-corrected chi connectivity index (χ0v) is 13.0. The lowest BCUT2D eigenvalue weighted by Crippen LogP contribution is -2.43. The van der Waals surface area contributed by atoms with Crippen molar-refractivity contribution in [3.63, 3.8) is 0 Å². The Morgan fingerprint density at radius 1 is 1.30 bits per heavy atom. The summed E-state index contributed by atoms with van der Waals surface area (Å²) < 4.78 is 11.0. The van der Waals surface area contributed by atoms with Gasteiger partial charge < -0.3 is 15.2 Å². The SMILES string of the molecule is COc1cccc(C(CN)N2CCCC2(C)C)c1OC. The summed E-state index contributed by atoms with van der Waals surface area (Å²) in [5.41, 5.74) is 7.38. The van der Waals surface area contributed by atoms with Crippen molar-refractivity contribution in [1.82, 2.24) is 4.90 Å². The van der Waals surface area contributed by atoms with E-state index in [4.69, 9.17) is 15.2 Å². The van der Waals surface area contributed by atoms with Crippen molar-refractivity contribution in [2.75, 3.05) is 27.3 Å². The number of methoxy groups -OCH3 is 2. The van der Waals surface area contributed by atoms with E-state index in [1.54, 1.807) is 14.2 Å². The molecular weight excluding hydrogens is 252 g/mol. The van der Waals surface area contributed by atoms with Crippen LogP contribution < -0.4 is 15.2 Å². The molecule has 1 heterocycles. The fourth-order valence-electron chi connectivity index (χ4n) is 3.30. The lowest BCUT2D eigenvalue weighted by Gasteiger charge is -2.38. The summed E-state index contributed by atoms with van der Waals surface area (Å²) in [4.78, 5) is 2.49. The number of ether oxygens (including phenoxy) is 2. The quantitative estimate of drug-likeness (QED) is 0.899. The third kappa shape index (κ3) is 2.63. The summed E-state index contributed by atoms with van der Waals surface area (Å²) in [7, 11) is 3.35. The Labute approximate surface area is 121 Å². The van der Waals surface area contributed by atoms with Gasteiger partial charge in [0.25, 0.3) is 0 Å². The molecule has 0 bridgehead atoms. The molecule has 0 aliphatic carbocycles. The van der Waals surface area contributed by atoms with Gasteiger partial charge in [-0.3, -0.25) is 4.90 Å². The monoisotopic (exact) mass is 278 g/mol. The van der Waals surface area contributed by atoms with Gasteiger partial charge in [0.1, 0.15) is 0 Å². The number of hydrogen-bond donors (Lipinski definition) is 1. The van der Waals surface area contributed by atoms with Gasteiger partial charge in [-0.15, -0.1) is 0 Å². The minimum atomic E-state index is 0.164. The smallest absolute Gasteiger partial charge is 0.165 e. The molecule has 1 fully saturated rings. The van der Waals surface area contributed by atoms with Gasteiger partial charge in [0.2, 0.25) is 0 Å². The fourth-order valence-corrected chi connectivity index (χ4v) is 3.30. The second-order valence-electron chi connectivity index (χ2n) is 5.94. The Balaban J connectivity index is 2.42. The fraction of sp³-hybridized carbons (Fsp3) is 0.625. The first-order chi connectivity index (χ1) is 9.55. The van der Waals surface area contributed by atoms with Gasteiger partial charge in [-0.1, -0.05) is 12.1 Å². The van der Waals surface area contributed by atoms with Crippen LogP contribution in [0.3, 0.4) is 0 Å². The minimum absolute atomic E-state index is 0.164. The van der Waals surface area contributed by atoms with E-state index >= 15 is 0 Å². The second kappa shape index (κ2) is 6.02. The molecule has 0 amide bonds. The normalized spacial score (nSPS) is 19.9. The van der Waals surface area contributed by atoms with Crippen molar-refractivity contribution >= 4 is 0 Å². The van der Waals surface area contributed by atoms with E-state index in [0.717, 1.165) is 23.6 Å². The minimum Gasteiger partial charge on any atom is -0.493 e. The van der Waals surface area contributed by atoms with Crippen molar-refractivity contribution in [3.8, 4) is 11.5 Å². The van der Waals surface area contributed by atoms with Gasteiger partial charge in [-0.25, -0.2) is 0 Å². The van der Waals surface area contributed by atoms with Crippen LogP contribution in [0.4, 0.5) is 0 Å². The Hall–Kier alpha value is -1.26. The standard InChI is InChI=1S/C16H26N2O2/c1-16(2)9-6-10-18(16)13(11-17)12-7-5-8-14(19-3)15(12)20-4/h5,7-8,13H,6,9-11,17H2,1-4H3. The molecule has 1 aromatic carbocycles. The number of nitrogens with two attached hydrogens (primary N) is 1. The lowest BCUT2D eigenvalue weighted by atomic mass is 9.96. The van der Waals surface area contributed by atoms with Crippen LogP contribution in [0, 0.1) is 0 Å². The van der Waals surface area contributed by atoms with Crippen molar-refractivity contribution in [2.24, 2.45) is 5.73 Å². The summed E-state index contributed by atoms with van der Waals surface area (Å²) >= 11 is 0. The molecule has 0 saturated carbocycles. The molecule has 20 heavy (non-hydrogen) atoms. The van der Waals surface area contributed by atoms with E-state index in [1.807, 2.05) is 12.1 Å². The van der Waals surface area contributed by atoms with Crippen LogP contribution in [0.25, 0.3) is 0 Å². The van der Waals surface area contributed by atoms with Crippen LogP contribution in [-0.4, -0.2) is 37.7 Å². The maximum absolute atomic E-state index is 6.08. The number of hydrogen-bond acceptors (Lipinski definition) is 4. The summed E-state index contributed by atoms with van der Waals surface area (Å²) in [6.45, 7) is 6.23. The van der Waals surface area contributed by atoms with E-state index in [2.05, 4.69) is 24.8 Å². The van der Waals surface area contributed by atoms with Gasteiger partial charge in [-0.05, 0) is 39.3 Å². The molecule has 1 aliphatic rings. The van der Waals surface area contributed by atoms with E-state index in [0.29, 0.717) is 6.54 Å². The molecule has 0 aromatic heterocycles. The average Bonchev–Trinajstić information content (AvgIpc) is 2.79. The predicted molar refractivity (Wildman–Crippen MR) is 81.4 cm³/mol. The van der Waals surface area contributed by atoms with Crippen LogP contribution in [-0.2, 0) is 0 Å². The Kier molecular flexibility index (Phi) is 4.55. The second-order valence-corrected chi connectivity index (χ2v) is 5.94. The van der Waals surface area contributed by atoms with Crippen molar-refractivity contribution in [1.29, 1.82) is 0 Å². The highest BCUT2D eigenvalue weighted by molar-refractivity contribution is 5.48. The zero-order chi connectivity index (χ0) is 14.8. The summed E-state index contributed by atoms with van der Waals surface area (Å²) in [5, 5.41) is 0. The Bertz CT molecular complexity index is 460. The molecule has 1 aromatic rings. The molecule has 0 spiro atoms. The number of rotatable bonds is 5. The highest BCUT2D eigenvalue weighted by Gasteiger charge is 2.38. The molecule has 4 nitrogen and oxygen atoms in total.